The molecule has 0 saturated carbocycles. The van der Waals surface area contributed by atoms with Gasteiger partial charge in [0.25, 0.3) is 0 Å². The smallest absolute Gasteiger partial charge is 0.303 e. The normalized spacial score (nSPS) is 12.0. The lowest BCUT2D eigenvalue weighted by Crippen LogP contribution is -2.45. The highest BCUT2D eigenvalue weighted by molar-refractivity contribution is 5.78. The Hall–Kier alpha value is -1.10. The second-order valence-electron chi connectivity index (χ2n) is 6.57. The van der Waals surface area contributed by atoms with Gasteiger partial charge in [-0.2, -0.15) is 0 Å². The first kappa shape index (κ1) is 18.9. The van der Waals surface area contributed by atoms with Gasteiger partial charge in [-0.05, 0) is 34.2 Å². The van der Waals surface area contributed by atoms with Crippen LogP contribution in [0.4, 0.5) is 0 Å². The van der Waals surface area contributed by atoms with E-state index in [1.54, 1.807) is 4.90 Å². The van der Waals surface area contributed by atoms with Crippen LogP contribution in [-0.2, 0) is 9.59 Å². The van der Waals surface area contributed by atoms with Crippen molar-refractivity contribution in [3.05, 3.63) is 0 Å². The Balaban J connectivity index is 4.46. The van der Waals surface area contributed by atoms with Crippen LogP contribution in [0.5, 0.6) is 0 Å². The molecule has 118 valence electrons. The van der Waals surface area contributed by atoms with E-state index in [1.165, 1.54) is 0 Å². The highest BCUT2D eigenvalue weighted by Crippen LogP contribution is 2.11. The van der Waals surface area contributed by atoms with E-state index in [9.17, 15) is 9.59 Å². The van der Waals surface area contributed by atoms with E-state index in [0.717, 1.165) is 6.54 Å². The minimum atomic E-state index is -0.811. The molecule has 0 bridgehead atoms. The molecule has 0 aromatic heterocycles. The van der Waals surface area contributed by atoms with Crippen LogP contribution in [0.2, 0.25) is 0 Å². The third kappa shape index (κ3) is 7.48. The van der Waals surface area contributed by atoms with Gasteiger partial charge in [0.1, 0.15) is 0 Å². The maximum atomic E-state index is 12.1. The number of hydrogen-bond acceptors (Lipinski definition) is 3. The maximum Gasteiger partial charge on any atom is 0.303 e. The molecule has 0 unspecified atom stereocenters. The quantitative estimate of drug-likeness (QED) is 0.742. The van der Waals surface area contributed by atoms with E-state index in [1.807, 2.05) is 20.9 Å². The van der Waals surface area contributed by atoms with E-state index in [-0.39, 0.29) is 23.8 Å². The van der Waals surface area contributed by atoms with E-state index >= 15 is 0 Å². The summed E-state index contributed by atoms with van der Waals surface area (Å²) in [6, 6.07) is 0. The molecule has 0 saturated heterocycles. The van der Waals surface area contributed by atoms with Crippen LogP contribution in [0.3, 0.4) is 0 Å². The zero-order valence-corrected chi connectivity index (χ0v) is 13.8. The van der Waals surface area contributed by atoms with Crippen LogP contribution in [0.25, 0.3) is 0 Å². The van der Waals surface area contributed by atoms with E-state index in [2.05, 4.69) is 25.7 Å². The molecule has 0 heterocycles. The molecule has 1 amide bonds. The largest absolute Gasteiger partial charge is 0.481 e. The number of likely N-dealkylation sites (N-methyl/N-ethyl adjacent to an activating group) is 1. The van der Waals surface area contributed by atoms with Crippen LogP contribution < -0.4 is 0 Å². The standard InChI is InChI=1S/C15H30N2O3/c1-12(2)14(20)17(9-7-8-13(18)19)11-10-16(6)15(3,4)5/h12H,7-11H2,1-6H3,(H,18,19). The van der Waals surface area contributed by atoms with Gasteiger partial charge in [-0.3, -0.25) is 14.5 Å². The molecule has 0 aliphatic carbocycles. The van der Waals surface area contributed by atoms with Gasteiger partial charge in [-0.15, -0.1) is 0 Å². The Labute approximate surface area is 122 Å². The third-order valence-corrected chi connectivity index (χ3v) is 3.47. The molecule has 0 aliphatic rings. The molecule has 5 nitrogen and oxygen atoms in total. The topological polar surface area (TPSA) is 60.9 Å². The maximum absolute atomic E-state index is 12.1. The summed E-state index contributed by atoms with van der Waals surface area (Å²) in [5.41, 5.74) is 0.0631. The van der Waals surface area contributed by atoms with Crippen molar-refractivity contribution in [2.45, 2.75) is 53.0 Å². The second kappa shape index (κ2) is 8.25. The van der Waals surface area contributed by atoms with Gasteiger partial charge >= 0.3 is 5.97 Å². The zero-order valence-electron chi connectivity index (χ0n) is 13.8. The van der Waals surface area contributed by atoms with Crippen molar-refractivity contribution < 1.29 is 14.7 Å². The molecule has 0 radical (unpaired) electrons. The van der Waals surface area contributed by atoms with Crippen LogP contribution in [0.1, 0.15) is 47.5 Å². The van der Waals surface area contributed by atoms with E-state index in [0.29, 0.717) is 19.5 Å². The molecule has 0 aromatic carbocycles. The fourth-order valence-corrected chi connectivity index (χ4v) is 1.72. The first-order valence-corrected chi connectivity index (χ1v) is 7.27. The lowest BCUT2D eigenvalue weighted by atomic mass is 10.1. The summed E-state index contributed by atoms with van der Waals surface area (Å²) < 4.78 is 0. The monoisotopic (exact) mass is 286 g/mol. The Bertz CT molecular complexity index is 322. The summed E-state index contributed by atoms with van der Waals surface area (Å²) in [5.74, 6) is -0.772. The molecule has 0 fully saturated rings. The number of carbonyl (C=O) groups excluding carboxylic acids is 1. The Morgan fingerprint density at radius 1 is 1.10 bits per heavy atom. The Morgan fingerprint density at radius 3 is 2.05 bits per heavy atom. The van der Waals surface area contributed by atoms with Gasteiger partial charge in [-0.25, -0.2) is 0 Å². The van der Waals surface area contributed by atoms with Gasteiger partial charge in [-0.1, -0.05) is 13.8 Å². The van der Waals surface area contributed by atoms with Gasteiger partial charge < -0.3 is 10.0 Å². The number of rotatable bonds is 8. The summed E-state index contributed by atoms with van der Waals surface area (Å²) in [5, 5.41) is 8.69. The second-order valence-corrected chi connectivity index (χ2v) is 6.57. The van der Waals surface area contributed by atoms with E-state index in [4.69, 9.17) is 5.11 Å². The molecule has 0 spiro atoms. The summed E-state index contributed by atoms with van der Waals surface area (Å²) in [6.45, 7) is 12.1. The van der Waals surface area contributed by atoms with Crippen molar-refractivity contribution in [1.29, 1.82) is 0 Å². The molecule has 20 heavy (non-hydrogen) atoms. The van der Waals surface area contributed by atoms with Crippen LogP contribution in [-0.4, -0.2) is 59.0 Å². The highest BCUT2D eigenvalue weighted by atomic mass is 16.4. The van der Waals surface area contributed by atoms with Crippen molar-refractivity contribution >= 4 is 11.9 Å². The fraction of sp³-hybridized carbons (Fsp3) is 0.867. The lowest BCUT2D eigenvalue weighted by molar-refractivity contribution is -0.139. The molecule has 5 heteroatoms. The molecule has 0 aromatic rings. The summed E-state index contributed by atoms with van der Waals surface area (Å²) in [4.78, 5) is 26.7. The minimum absolute atomic E-state index is 0.0558. The fourth-order valence-electron chi connectivity index (χ4n) is 1.72. The summed E-state index contributed by atoms with van der Waals surface area (Å²) >= 11 is 0. The molecular formula is C15H30N2O3. The van der Waals surface area contributed by atoms with Crippen molar-refractivity contribution in [1.82, 2.24) is 9.80 Å². The number of carboxylic acid groups (broad SMARTS) is 1. The molecule has 0 atom stereocenters. The van der Waals surface area contributed by atoms with Crippen LogP contribution in [0, 0.1) is 5.92 Å². The highest BCUT2D eigenvalue weighted by Gasteiger charge is 2.21. The SMILES string of the molecule is CC(C)C(=O)N(CCCC(=O)O)CCN(C)C(C)(C)C. The average Bonchev–Trinajstić information content (AvgIpc) is 2.30. The molecule has 0 aliphatic heterocycles. The zero-order chi connectivity index (χ0) is 15.9. The van der Waals surface area contributed by atoms with Gasteiger partial charge in [0, 0.05) is 37.5 Å². The Kier molecular flexibility index (Phi) is 7.79. The number of hydrogen-bond donors (Lipinski definition) is 1. The van der Waals surface area contributed by atoms with Gasteiger partial charge in [0.05, 0.1) is 0 Å². The first-order chi connectivity index (χ1) is 9.05. The van der Waals surface area contributed by atoms with Crippen LogP contribution in [0.15, 0.2) is 0 Å². The number of aliphatic carboxylic acids is 1. The van der Waals surface area contributed by atoms with Crippen molar-refractivity contribution in [3.8, 4) is 0 Å². The van der Waals surface area contributed by atoms with Crippen molar-refractivity contribution in [3.63, 3.8) is 0 Å². The number of carboxylic acids is 1. The number of carbonyl (C=O) groups is 2. The molecule has 1 N–H and O–H groups in total. The van der Waals surface area contributed by atoms with Gasteiger partial charge in [0.2, 0.25) is 5.91 Å². The predicted molar refractivity (Wildman–Crippen MR) is 80.7 cm³/mol. The molecule has 0 rings (SSSR count). The van der Waals surface area contributed by atoms with Crippen molar-refractivity contribution in [2.24, 2.45) is 5.92 Å². The number of amides is 1. The summed E-state index contributed by atoms with van der Waals surface area (Å²) in [7, 11) is 2.04. The Morgan fingerprint density at radius 2 is 1.65 bits per heavy atom. The predicted octanol–water partition coefficient (Wildman–Crippen LogP) is 2.07. The number of nitrogens with zero attached hydrogens (tertiary/aromatic N) is 2. The average molecular weight is 286 g/mol. The third-order valence-electron chi connectivity index (χ3n) is 3.47. The first-order valence-electron chi connectivity index (χ1n) is 7.27. The minimum Gasteiger partial charge on any atom is -0.481 e. The van der Waals surface area contributed by atoms with E-state index < -0.39 is 5.97 Å². The van der Waals surface area contributed by atoms with Crippen LogP contribution >= 0.6 is 0 Å². The molecular weight excluding hydrogens is 256 g/mol. The summed E-state index contributed by atoms with van der Waals surface area (Å²) in [6.07, 6.45) is 0.615. The van der Waals surface area contributed by atoms with Crippen molar-refractivity contribution in [2.75, 3.05) is 26.7 Å². The van der Waals surface area contributed by atoms with Gasteiger partial charge in [0.15, 0.2) is 0 Å². The lowest BCUT2D eigenvalue weighted by Gasteiger charge is -2.34.